The van der Waals surface area contributed by atoms with E-state index in [4.69, 9.17) is 9.26 Å². The number of likely N-dealkylation sites (tertiary alicyclic amines) is 1. The Hall–Kier alpha value is -1.70. The zero-order valence-corrected chi connectivity index (χ0v) is 19.7. The van der Waals surface area contributed by atoms with Gasteiger partial charge in [0.25, 0.3) is 0 Å². The van der Waals surface area contributed by atoms with Gasteiger partial charge in [-0.3, -0.25) is 4.79 Å². The third-order valence-electron chi connectivity index (χ3n) is 4.66. The summed E-state index contributed by atoms with van der Waals surface area (Å²) in [4.78, 5) is 26.7. The van der Waals surface area contributed by atoms with Gasteiger partial charge in [-0.05, 0) is 52.7 Å². The third-order valence-corrected chi connectivity index (χ3v) is 6.20. The summed E-state index contributed by atoms with van der Waals surface area (Å²) in [6, 6.07) is 1.77. The van der Waals surface area contributed by atoms with Gasteiger partial charge in [-0.25, -0.2) is 4.79 Å². The van der Waals surface area contributed by atoms with Crippen LogP contribution >= 0.6 is 11.8 Å². The summed E-state index contributed by atoms with van der Waals surface area (Å²) < 4.78 is 10.2. The Labute approximate surface area is 178 Å². The fraction of sp³-hybridized carbons (Fsp3) is 0.762. The molecule has 2 rings (SSSR count). The van der Waals surface area contributed by atoms with E-state index in [2.05, 4.69) is 10.5 Å². The number of nitrogens with zero attached hydrogens (tertiary/aromatic N) is 2. The molecule has 2 amide bonds. The van der Waals surface area contributed by atoms with E-state index in [-0.39, 0.29) is 17.4 Å². The number of thioether (sulfide) groups is 1. The molecule has 164 valence electrons. The number of ether oxygens (including phenoxy) is 1. The van der Waals surface area contributed by atoms with E-state index in [9.17, 15) is 9.59 Å². The average Bonchev–Trinajstić information content (AvgIpc) is 3.20. The maximum absolute atomic E-state index is 12.7. The zero-order chi connectivity index (χ0) is 22.0. The molecule has 1 fully saturated rings. The molecule has 0 aromatic carbocycles. The van der Waals surface area contributed by atoms with Crippen molar-refractivity contribution in [1.29, 1.82) is 0 Å². The Morgan fingerprint density at radius 2 is 1.90 bits per heavy atom. The van der Waals surface area contributed by atoms with Gasteiger partial charge >= 0.3 is 6.09 Å². The molecular formula is C21H35N3O4S. The molecule has 29 heavy (non-hydrogen) atoms. The van der Waals surface area contributed by atoms with Gasteiger partial charge in [0.15, 0.2) is 5.82 Å². The van der Waals surface area contributed by atoms with Gasteiger partial charge < -0.3 is 19.5 Å². The molecule has 0 aliphatic carbocycles. The van der Waals surface area contributed by atoms with Gasteiger partial charge in [-0.2, -0.15) is 0 Å². The highest BCUT2D eigenvalue weighted by Gasteiger charge is 2.34. The van der Waals surface area contributed by atoms with Gasteiger partial charge in [0.1, 0.15) is 11.4 Å². The van der Waals surface area contributed by atoms with Crippen molar-refractivity contribution in [1.82, 2.24) is 10.1 Å². The number of carbonyl (C=O) groups is 2. The van der Waals surface area contributed by atoms with Crippen molar-refractivity contribution >= 4 is 29.6 Å². The first kappa shape index (κ1) is 23.6. The van der Waals surface area contributed by atoms with Crippen LogP contribution in [0.25, 0.3) is 0 Å². The van der Waals surface area contributed by atoms with Gasteiger partial charge in [-0.1, -0.05) is 25.9 Å². The number of anilines is 1. The van der Waals surface area contributed by atoms with Crippen LogP contribution in [0.3, 0.4) is 0 Å². The van der Waals surface area contributed by atoms with E-state index in [1.165, 1.54) is 0 Å². The molecule has 0 saturated carbocycles. The van der Waals surface area contributed by atoms with Crippen LogP contribution in [0, 0.1) is 5.92 Å². The molecule has 1 unspecified atom stereocenters. The predicted molar refractivity (Wildman–Crippen MR) is 116 cm³/mol. The highest BCUT2D eigenvalue weighted by molar-refractivity contribution is 8.01. The van der Waals surface area contributed by atoms with Crippen molar-refractivity contribution in [3.05, 3.63) is 11.8 Å². The second-order valence-electron chi connectivity index (χ2n) is 10.2. The topological polar surface area (TPSA) is 84.7 Å². The van der Waals surface area contributed by atoms with Crippen LogP contribution in [0.4, 0.5) is 10.6 Å². The molecule has 0 radical (unpaired) electrons. The van der Waals surface area contributed by atoms with Crippen molar-refractivity contribution in [3.63, 3.8) is 0 Å². The minimum atomic E-state index is -0.625. The van der Waals surface area contributed by atoms with Crippen molar-refractivity contribution in [3.8, 4) is 0 Å². The summed E-state index contributed by atoms with van der Waals surface area (Å²) in [5.74, 6) is 2.19. The zero-order valence-electron chi connectivity index (χ0n) is 18.9. The molecule has 7 nitrogen and oxygen atoms in total. The maximum atomic E-state index is 12.7. The molecule has 1 aromatic rings. The van der Waals surface area contributed by atoms with E-state index in [0.29, 0.717) is 24.8 Å². The molecule has 1 aliphatic heterocycles. The lowest BCUT2D eigenvalue weighted by atomic mass is 9.93. The van der Waals surface area contributed by atoms with Crippen molar-refractivity contribution < 1.29 is 18.8 Å². The number of aromatic nitrogens is 1. The second kappa shape index (κ2) is 8.58. The fourth-order valence-corrected chi connectivity index (χ4v) is 3.91. The molecule has 1 saturated heterocycles. The lowest BCUT2D eigenvalue weighted by molar-refractivity contribution is -0.117. The standard InChI is InChI=1S/C21H35N3O4S/c1-19(2,3)15-11-16(23-28-15)22-17(25)21(7,8)29-13-14-9-10-24(12-14)18(26)27-20(4,5)6/h11,14H,9-10,12-13H2,1-8H3,(H,22,23,25). The lowest BCUT2D eigenvalue weighted by Gasteiger charge is -2.25. The smallest absolute Gasteiger partial charge is 0.410 e. The van der Waals surface area contributed by atoms with E-state index in [1.807, 2.05) is 55.4 Å². The first-order valence-electron chi connectivity index (χ1n) is 10.1. The summed E-state index contributed by atoms with van der Waals surface area (Å²) in [6.45, 7) is 16.9. The molecule has 0 bridgehead atoms. The van der Waals surface area contributed by atoms with Crippen LogP contribution in [0.2, 0.25) is 0 Å². The molecule has 1 aromatic heterocycles. The highest BCUT2D eigenvalue weighted by atomic mass is 32.2. The second-order valence-corrected chi connectivity index (χ2v) is 11.8. The summed E-state index contributed by atoms with van der Waals surface area (Å²) in [7, 11) is 0. The van der Waals surface area contributed by atoms with Crippen LogP contribution in [0.15, 0.2) is 10.6 Å². The van der Waals surface area contributed by atoms with Gasteiger partial charge in [0.2, 0.25) is 5.91 Å². The van der Waals surface area contributed by atoms with Crippen LogP contribution in [-0.4, -0.2) is 51.2 Å². The molecule has 1 atom stereocenters. The first-order chi connectivity index (χ1) is 13.2. The monoisotopic (exact) mass is 425 g/mol. The van der Waals surface area contributed by atoms with Crippen molar-refractivity contribution in [2.24, 2.45) is 5.92 Å². The first-order valence-corrected chi connectivity index (χ1v) is 11.1. The minimum Gasteiger partial charge on any atom is -0.444 e. The Morgan fingerprint density at radius 3 is 2.45 bits per heavy atom. The largest absolute Gasteiger partial charge is 0.444 e. The normalized spacial score (nSPS) is 18.1. The molecule has 1 aliphatic rings. The number of hydrogen-bond donors (Lipinski definition) is 1. The number of rotatable bonds is 5. The Kier molecular flexibility index (Phi) is 6.97. The van der Waals surface area contributed by atoms with Crippen LogP contribution in [-0.2, 0) is 14.9 Å². The van der Waals surface area contributed by atoms with E-state index >= 15 is 0 Å². The van der Waals surface area contributed by atoms with Gasteiger partial charge in [-0.15, -0.1) is 11.8 Å². The Balaban J connectivity index is 1.84. The summed E-state index contributed by atoms with van der Waals surface area (Å²) >= 11 is 1.59. The molecule has 0 spiro atoms. The van der Waals surface area contributed by atoms with Gasteiger partial charge in [0, 0.05) is 24.6 Å². The summed E-state index contributed by atoms with van der Waals surface area (Å²) in [6.07, 6.45) is 0.657. The summed E-state index contributed by atoms with van der Waals surface area (Å²) in [5, 5.41) is 6.81. The highest BCUT2D eigenvalue weighted by Crippen LogP contribution is 2.32. The van der Waals surface area contributed by atoms with Crippen LogP contribution in [0.5, 0.6) is 0 Å². The quantitative estimate of drug-likeness (QED) is 0.737. The molecule has 2 heterocycles. The predicted octanol–water partition coefficient (Wildman–Crippen LogP) is 4.68. The Bertz CT molecular complexity index is 731. The number of hydrogen-bond acceptors (Lipinski definition) is 6. The average molecular weight is 426 g/mol. The van der Waals surface area contributed by atoms with Crippen LogP contribution < -0.4 is 5.32 Å². The van der Waals surface area contributed by atoms with Crippen molar-refractivity contribution in [2.75, 3.05) is 24.2 Å². The van der Waals surface area contributed by atoms with E-state index in [1.54, 1.807) is 22.7 Å². The number of nitrogens with one attached hydrogen (secondary N) is 1. The summed E-state index contributed by atoms with van der Waals surface area (Å²) in [5.41, 5.74) is -0.652. The maximum Gasteiger partial charge on any atom is 0.410 e. The SMILES string of the molecule is CC(C)(C)OC(=O)N1CCC(CSC(C)(C)C(=O)Nc2cc(C(C)(C)C)on2)C1. The van der Waals surface area contributed by atoms with Crippen LogP contribution in [0.1, 0.15) is 67.6 Å². The number of amides is 2. The van der Waals surface area contributed by atoms with E-state index in [0.717, 1.165) is 17.9 Å². The van der Waals surface area contributed by atoms with Gasteiger partial charge in [0.05, 0.1) is 4.75 Å². The third kappa shape index (κ3) is 6.94. The fourth-order valence-electron chi connectivity index (χ4n) is 2.81. The Morgan fingerprint density at radius 1 is 1.24 bits per heavy atom. The molecule has 8 heteroatoms. The lowest BCUT2D eigenvalue weighted by Crippen LogP contribution is -2.36. The number of carbonyl (C=O) groups excluding carboxylic acids is 2. The van der Waals surface area contributed by atoms with E-state index < -0.39 is 10.3 Å². The minimum absolute atomic E-state index is 0.113. The molecule has 1 N–H and O–H groups in total. The van der Waals surface area contributed by atoms with Crippen molar-refractivity contribution in [2.45, 2.75) is 77.6 Å². The molecular weight excluding hydrogens is 390 g/mol.